The Labute approximate surface area is 199 Å². The molecule has 1 saturated carbocycles. The number of rotatable bonds is 6. The van der Waals surface area contributed by atoms with Gasteiger partial charge in [-0.1, -0.05) is 30.3 Å². The van der Waals surface area contributed by atoms with Crippen molar-refractivity contribution in [2.45, 2.75) is 50.2 Å². The van der Waals surface area contributed by atoms with Crippen LogP contribution in [0.3, 0.4) is 0 Å². The molecule has 1 saturated heterocycles. The van der Waals surface area contributed by atoms with E-state index in [-0.39, 0.29) is 23.9 Å². The fourth-order valence-electron chi connectivity index (χ4n) is 4.77. The molecule has 2 fully saturated rings. The number of nitrogens with zero attached hydrogens (tertiary/aromatic N) is 3. The molecule has 32 heavy (non-hydrogen) atoms. The maximum atomic E-state index is 13.1. The zero-order chi connectivity index (χ0) is 22.3. The summed E-state index contributed by atoms with van der Waals surface area (Å²) in [5.74, 6) is 1.05. The molecule has 1 N–H and O–H groups in total. The number of hydrogen-bond donors (Lipinski definition) is 1. The van der Waals surface area contributed by atoms with Gasteiger partial charge >= 0.3 is 0 Å². The zero-order valence-corrected chi connectivity index (χ0v) is 20.1. The first kappa shape index (κ1) is 21.8. The zero-order valence-electron chi connectivity index (χ0n) is 17.7. The molecule has 8 heteroatoms. The van der Waals surface area contributed by atoms with Crippen molar-refractivity contribution >= 4 is 44.1 Å². The molecule has 1 aliphatic carbocycles. The smallest absolute Gasteiger partial charge is 0.262 e. The molecule has 0 bridgehead atoms. The summed E-state index contributed by atoms with van der Waals surface area (Å²) in [6.07, 6.45) is 5.34. The average Bonchev–Trinajstić information content (AvgIpc) is 3.57. The lowest BCUT2D eigenvalue weighted by molar-refractivity contribution is -0.136. The number of hydrogen-bond acceptors (Lipinski definition) is 5. The Morgan fingerprint density at radius 2 is 1.97 bits per heavy atom. The second-order valence-electron chi connectivity index (χ2n) is 9.11. The van der Waals surface area contributed by atoms with Crippen molar-refractivity contribution < 1.29 is 9.90 Å². The topological polar surface area (TPSA) is 75.4 Å². The number of carbonyl (C=O) groups is 1. The molecule has 0 radical (unpaired) electrons. The second kappa shape index (κ2) is 8.72. The molecule has 3 aromatic rings. The summed E-state index contributed by atoms with van der Waals surface area (Å²) in [5, 5.41) is 13.5. The van der Waals surface area contributed by atoms with Crippen LogP contribution in [-0.2, 0) is 11.3 Å². The van der Waals surface area contributed by atoms with E-state index >= 15 is 0 Å². The minimum atomic E-state index is -1.02. The molecule has 1 aliphatic heterocycles. The maximum Gasteiger partial charge on any atom is 0.262 e. The van der Waals surface area contributed by atoms with Crippen molar-refractivity contribution in [3.05, 3.63) is 61.7 Å². The number of fused-ring (bicyclic) bond motifs is 1. The van der Waals surface area contributed by atoms with Gasteiger partial charge in [-0.05, 0) is 59.0 Å². The van der Waals surface area contributed by atoms with E-state index < -0.39 is 5.60 Å². The number of piperidine rings is 1. The fraction of sp³-hybridized carbons (Fsp3) is 0.458. The average molecular weight is 516 g/mol. The number of benzene rings is 1. The molecular weight excluding hydrogens is 490 g/mol. The molecule has 3 heterocycles. The van der Waals surface area contributed by atoms with E-state index in [0.29, 0.717) is 49.2 Å². The molecule has 0 spiro atoms. The maximum absolute atomic E-state index is 13.1. The number of halogens is 1. The molecule has 1 aromatic carbocycles. The van der Waals surface area contributed by atoms with Gasteiger partial charge in [-0.25, -0.2) is 4.98 Å². The summed E-state index contributed by atoms with van der Waals surface area (Å²) in [5.41, 5.74) is 0.754. The lowest BCUT2D eigenvalue weighted by Crippen LogP contribution is -2.49. The first-order valence-corrected chi connectivity index (χ1v) is 12.8. The first-order valence-electron chi connectivity index (χ1n) is 11.1. The molecule has 168 valence electrons. The number of likely N-dealkylation sites (tertiary alicyclic amines) is 1. The number of thiophene rings is 1. The van der Waals surface area contributed by atoms with Crippen LogP contribution in [0.4, 0.5) is 0 Å². The predicted octanol–water partition coefficient (Wildman–Crippen LogP) is 4.16. The van der Waals surface area contributed by atoms with Crippen LogP contribution in [0.2, 0.25) is 0 Å². The standard InChI is InChI=1S/C24H26BrN3O3S/c25-22-21-19(13-32-22)23(30)28(15-26-21)14-24(31)8-10-27(11-9-24)20(29)12-18(17-6-7-17)16-4-2-1-3-5-16/h1-5,13,15,17-18,31H,6-12,14H2. The third kappa shape index (κ3) is 4.40. The van der Waals surface area contributed by atoms with E-state index in [1.807, 2.05) is 23.1 Å². The second-order valence-corrected chi connectivity index (χ2v) is 11.3. The number of carbonyl (C=O) groups excluding carboxylic acids is 1. The Morgan fingerprint density at radius 3 is 2.66 bits per heavy atom. The Hall–Kier alpha value is -2.03. The van der Waals surface area contributed by atoms with Gasteiger partial charge in [0.05, 0.1) is 27.6 Å². The fourth-order valence-corrected chi connectivity index (χ4v) is 6.07. The Morgan fingerprint density at radius 1 is 1.25 bits per heavy atom. The van der Waals surface area contributed by atoms with Gasteiger partial charge in [-0.2, -0.15) is 0 Å². The molecule has 2 aliphatic rings. The predicted molar refractivity (Wildman–Crippen MR) is 129 cm³/mol. The van der Waals surface area contributed by atoms with Gasteiger partial charge in [0.25, 0.3) is 5.56 Å². The third-order valence-electron chi connectivity index (χ3n) is 6.86. The highest BCUT2D eigenvalue weighted by molar-refractivity contribution is 9.11. The minimum absolute atomic E-state index is 0.140. The lowest BCUT2D eigenvalue weighted by Gasteiger charge is -2.39. The Kier molecular flexibility index (Phi) is 5.94. The van der Waals surface area contributed by atoms with E-state index in [1.54, 1.807) is 5.38 Å². The van der Waals surface area contributed by atoms with Crippen molar-refractivity contribution in [1.29, 1.82) is 0 Å². The van der Waals surface area contributed by atoms with E-state index in [0.717, 1.165) is 3.79 Å². The largest absolute Gasteiger partial charge is 0.388 e. The summed E-state index contributed by atoms with van der Waals surface area (Å²) in [6, 6.07) is 10.3. The van der Waals surface area contributed by atoms with Gasteiger partial charge in [0.2, 0.25) is 5.91 Å². The first-order chi connectivity index (χ1) is 15.4. The molecule has 5 rings (SSSR count). The van der Waals surface area contributed by atoms with Crippen molar-refractivity contribution in [2.75, 3.05) is 13.1 Å². The minimum Gasteiger partial charge on any atom is -0.388 e. The Bertz CT molecular complexity index is 1180. The highest BCUT2D eigenvalue weighted by atomic mass is 79.9. The van der Waals surface area contributed by atoms with E-state index in [9.17, 15) is 14.7 Å². The summed E-state index contributed by atoms with van der Waals surface area (Å²) in [6.45, 7) is 1.21. The number of aromatic nitrogens is 2. The van der Waals surface area contributed by atoms with Crippen molar-refractivity contribution in [2.24, 2.45) is 5.92 Å². The summed E-state index contributed by atoms with van der Waals surface area (Å²) in [4.78, 5) is 32.1. The summed E-state index contributed by atoms with van der Waals surface area (Å²) in [7, 11) is 0. The molecule has 1 amide bonds. The van der Waals surface area contributed by atoms with E-state index in [2.05, 4.69) is 33.0 Å². The highest BCUT2D eigenvalue weighted by Crippen LogP contribution is 2.44. The van der Waals surface area contributed by atoms with E-state index in [4.69, 9.17) is 0 Å². The van der Waals surface area contributed by atoms with Crippen LogP contribution in [0.25, 0.3) is 10.9 Å². The number of amides is 1. The monoisotopic (exact) mass is 515 g/mol. The van der Waals surface area contributed by atoms with E-state index in [1.165, 1.54) is 40.6 Å². The molecule has 2 aromatic heterocycles. The SMILES string of the molecule is O=C(CC(c1ccccc1)C1CC1)N1CCC(O)(Cn2cnc3c(Br)scc3c2=O)CC1. The van der Waals surface area contributed by atoms with Crippen LogP contribution in [-0.4, -0.2) is 44.2 Å². The van der Waals surface area contributed by atoms with Crippen LogP contribution in [0.15, 0.2) is 50.6 Å². The lowest BCUT2D eigenvalue weighted by atomic mass is 9.88. The van der Waals surface area contributed by atoms with Crippen LogP contribution in [0.5, 0.6) is 0 Å². The van der Waals surface area contributed by atoms with Gasteiger partial charge in [-0.15, -0.1) is 11.3 Å². The van der Waals surface area contributed by atoms with Gasteiger partial charge in [0.1, 0.15) is 5.52 Å². The van der Waals surface area contributed by atoms with Gasteiger partial charge in [0.15, 0.2) is 0 Å². The Balaban J connectivity index is 1.23. The normalized spacial score (nSPS) is 19.2. The molecule has 1 unspecified atom stereocenters. The summed E-state index contributed by atoms with van der Waals surface area (Å²) < 4.78 is 2.33. The molecular formula is C24H26BrN3O3S. The molecule has 1 atom stereocenters. The van der Waals surface area contributed by atoms with Gasteiger partial charge < -0.3 is 10.0 Å². The quantitative estimate of drug-likeness (QED) is 0.534. The van der Waals surface area contributed by atoms with Crippen molar-refractivity contribution in [3.63, 3.8) is 0 Å². The van der Waals surface area contributed by atoms with Crippen LogP contribution < -0.4 is 5.56 Å². The van der Waals surface area contributed by atoms with Crippen LogP contribution in [0, 0.1) is 5.92 Å². The van der Waals surface area contributed by atoms with Crippen molar-refractivity contribution in [1.82, 2.24) is 14.5 Å². The third-order valence-corrected chi connectivity index (χ3v) is 8.55. The van der Waals surface area contributed by atoms with Gasteiger partial charge in [0, 0.05) is 24.9 Å². The number of aliphatic hydroxyl groups is 1. The highest BCUT2D eigenvalue weighted by Gasteiger charge is 2.38. The van der Waals surface area contributed by atoms with Crippen molar-refractivity contribution in [3.8, 4) is 0 Å². The molecule has 6 nitrogen and oxygen atoms in total. The van der Waals surface area contributed by atoms with Crippen LogP contribution in [0.1, 0.15) is 43.6 Å². The van der Waals surface area contributed by atoms with Crippen LogP contribution >= 0.6 is 27.3 Å². The summed E-state index contributed by atoms with van der Waals surface area (Å²) >= 11 is 4.85. The van der Waals surface area contributed by atoms with Gasteiger partial charge in [-0.3, -0.25) is 14.2 Å².